The molecule has 0 N–H and O–H groups in total. The van der Waals surface area contributed by atoms with Crippen LogP contribution in [-0.4, -0.2) is 33.0 Å². The highest BCUT2D eigenvalue weighted by Crippen LogP contribution is 2.14. The Balaban J connectivity index is 3.04. The Morgan fingerprint density at radius 1 is 1.19 bits per heavy atom. The van der Waals surface area contributed by atoms with Crippen LogP contribution in [0.1, 0.15) is 13.8 Å². The zero-order chi connectivity index (χ0) is 12.2. The van der Waals surface area contributed by atoms with Gasteiger partial charge in [0.25, 0.3) is 0 Å². The van der Waals surface area contributed by atoms with Gasteiger partial charge >= 0.3 is 0 Å². The van der Waals surface area contributed by atoms with Gasteiger partial charge in [-0.15, -0.1) is 0 Å². The van der Waals surface area contributed by atoms with Crippen molar-refractivity contribution in [3.05, 3.63) is 24.3 Å². The van der Waals surface area contributed by atoms with Crippen LogP contribution < -0.4 is 9.92 Å². The highest BCUT2D eigenvalue weighted by atomic mass is 28.3. The Bertz CT molecular complexity index is 334. The predicted molar refractivity (Wildman–Crippen MR) is 73.0 cm³/mol. The lowest BCUT2D eigenvalue weighted by Crippen LogP contribution is -2.57. The van der Waals surface area contributed by atoms with Crippen LogP contribution >= 0.6 is 0 Å². The van der Waals surface area contributed by atoms with Crippen LogP contribution in [-0.2, 0) is 0 Å². The second-order valence-electron chi connectivity index (χ2n) is 4.46. The minimum absolute atomic E-state index is 0.963. The summed E-state index contributed by atoms with van der Waals surface area (Å²) >= 11 is 0. The lowest BCUT2D eigenvalue weighted by molar-refractivity contribution is 0.415. The van der Waals surface area contributed by atoms with Gasteiger partial charge < -0.3 is 9.30 Å². The Hall–Kier alpha value is -0.803. The number of hydrogen-bond acceptors (Lipinski definition) is 2. The smallest absolute Gasteiger partial charge is 0.154 e. The number of hydrogen-bond donors (Lipinski definition) is 0. The molecule has 0 amide bonds. The van der Waals surface area contributed by atoms with Crippen molar-refractivity contribution in [3.8, 4) is 5.75 Å². The molecule has 1 aromatic rings. The number of nitrogens with zero attached hydrogens (tertiary/aromatic N) is 1. The van der Waals surface area contributed by atoms with Crippen molar-refractivity contribution < 1.29 is 4.74 Å². The molecule has 0 heterocycles. The zero-order valence-electron chi connectivity index (χ0n) is 11.1. The third kappa shape index (κ3) is 2.65. The number of ether oxygens (including phenoxy) is 1. The third-order valence-electron chi connectivity index (χ3n) is 3.33. The molecular formula is C13H23NOSi. The van der Waals surface area contributed by atoms with E-state index in [0.717, 1.165) is 18.8 Å². The summed E-state index contributed by atoms with van der Waals surface area (Å²) < 4.78 is 7.89. The van der Waals surface area contributed by atoms with Gasteiger partial charge in [0.1, 0.15) is 5.75 Å². The summed E-state index contributed by atoms with van der Waals surface area (Å²) in [6, 6.07) is 8.51. The van der Waals surface area contributed by atoms with Crippen LogP contribution in [0.3, 0.4) is 0 Å². The fourth-order valence-corrected chi connectivity index (χ4v) is 5.15. The molecule has 90 valence electrons. The van der Waals surface area contributed by atoms with Crippen LogP contribution in [0.2, 0.25) is 13.1 Å². The van der Waals surface area contributed by atoms with Gasteiger partial charge in [0.2, 0.25) is 0 Å². The maximum Gasteiger partial charge on any atom is 0.154 e. The van der Waals surface area contributed by atoms with E-state index in [-0.39, 0.29) is 0 Å². The van der Waals surface area contributed by atoms with E-state index in [1.165, 1.54) is 5.19 Å². The predicted octanol–water partition coefficient (Wildman–Crippen LogP) is 2.45. The molecule has 0 atom stereocenters. The standard InChI is InChI=1S/C13H23NOSi/c1-6-14(7-2)16(4,5)13-10-8-9-12(11-13)15-3/h8-11H,6-7H2,1-5H3. The van der Waals surface area contributed by atoms with Crippen molar-refractivity contribution in [1.82, 2.24) is 4.57 Å². The first-order chi connectivity index (χ1) is 7.56. The summed E-state index contributed by atoms with van der Waals surface area (Å²) in [6.07, 6.45) is 0. The molecule has 0 aliphatic carbocycles. The van der Waals surface area contributed by atoms with Crippen molar-refractivity contribution in [1.29, 1.82) is 0 Å². The molecule has 1 rings (SSSR count). The van der Waals surface area contributed by atoms with Crippen LogP contribution in [0, 0.1) is 0 Å². The highest BCUT2D eigenvalue weighted by molar-refractivity contribution is 6.87. The Morgan fingerprint density at radius 2 is 1.81 bits per heavy atom. The van der Waals surface area contributed by atoms with Crippen molar-refractivity contribution >= 4 is 13.4 Å². The second kappa shape index (κ2) is 5.50. The summed E-state index contributed by atoms with van der Waals surface area (Å²) in [7, 11) is 0.224. The van der Waals surface area contributed by atoms with Gasteiger partial charge in [-0.05, 0) is 30.4 Å². The molecular weight excluding hydrogens is 214 g/mol. The molecule has 0 saturated carbocycles. The first-order valence-electron chi connectivity index (χ1n) is 5.95. The minimum atomic E-state index is -1.50. The normalized spacial score (nSPS) is 11.9. The number of rotatable bonds is 5. The first-order valence-corrected chi connectivity index (χ1v) is 8.90. The van der Waals surface area contributed by atoms with Gasteiger partial charge in [-0.1, -0.05) is 39.1 Å². The molecule has 2 nitrogen and oxygen atoms in total. The number of methoxy groups -OCH3 is 1. The average molecular weight is 237 g/mol. The molecule has 16 heavy (non-hydrogen) atoms. The molecule has 0 aliphatic rings. The van der Waals surface area contributed by atoms with Crippen molar-refractivity contribution in [3.63, 3.8) is 0 Å². The molecule has 0 aliphatic heterocycles. The van der Waals surface area contributed by atoms with Gasteiger partial charge in [-0.25, -0.2) is 0 Å². The Labute approximate surface area is 100 Å². The first kappa shape index (κ1) is 13.3. The van der Waals surface area contributed by atoms with E-state index in [1.54, 1.807) is 7.11 Å². The van der Waals surface area contributed by atoms with Gasteiger partial charge in [0.15, 0.2) is 8.24 Å². The van der Waals surface area contributed by atoms with E-state index in [1.807, 2.05) is 6.07 Å². The molecule has 3 heteroatoms. The SMILES string of the molecule is CCN(CC)[Si](C)(C)c1cccc(OC)c1. The molecule has 0 unspecified atom stereocenters. The van der Waals surface area contributed by atoms with Crippen LogP contribution in [0.15, 0.2) is 24.3 Å². The van der Waals surface area contributed by atoms with Crippen LogP contribution in [0.25, 0.3) is 0 Å². The van der Waals surface area contributed by atoms with Crippen LogP contribution in [0.5, 0.6) is 5.75 Å². The molecule has 0 saturated heterocycles. The van der Waals surface area contributed by atoms with E-state index in [9.17, 15) is 0 Å². The van der Waals surface area contributed by atoms with Gasteiger partial charge in [0, 0.05) is 0 Å². The summed E-state index contributed by atoms with van der Waals surface area (Å²) in [5, 5.41) is 1.44. The summed E-state index contributed by atoms with van der Waals surface area (Å²) in [5.74, 6) is 0.963. The van der Waals surface area contributed by atoms with E-state index in [0.29, 0.717) is 0 Å². The largest absolute Gasteiger partial charge is 0.497 e. The maximum absolute atomic E-state index is 5.30. The van der Waals surface area contributed by atoms with Crippen LogP contribution in [0.4, 0.5) is 0 Å². The Morgan fingerprint density at radius 3 is 2.31 bits per heavy atom. The monoisotopic (exact) mass is 237 g/mol. The topological polar surface area (TPSA) is 12.5 Å². The number of benzene rings is 1. The molecule has 0 fully saturated rings. The zero-order valence-corrected chi connectivity index (χ0v) is 12.1. The van der Waals surface area contributed by atoms with Crippen molar-refractivity contribution in [2.75, 3.05) is 20.2 Å². The lowest BCUT2D eigenvalue weighted by atomic mass is 10.3. The minimum Gasteiger partial charge on any atom is -0.497 e. The van der Waals surface area contributed by atoms with E-state index < -0.39 is 8.24 Å². The average Bonchev–Trinajstić information content (AvgIpc) is 2.30. The highest BCUT2D eigenvalue weighted by Gasteiger charge is 2.29. The van der Waals surface area contributed by atoms with Crippen molar-refractivity contribution in [2.24, 2.45) is 0 Å². The lowest BCUT2D eigenvalue weighted by Gasteiger charge is -2.35. The third-order valence-corrected chi connectivity index (χ3v) is 7.27. The van der Waals surface area contributed by atoms with Gasteiger partial charge in [-0.2, -0.15) is 0 Å². The molecule has 1 aromatic carbocycles. The van der Waals surface area contributed by atoms with E-state index in [4.69, 9.17) is 4.74 Å². The maximum atomic E-state index is 5.30. The molecule has 0 aromatic heterocycles. The van der Waals surface area contributed by atoms with Crippen molar-refractivity contribution in [2.45, 2.75) is 26.9 Å². The molecule has 0 spiro atoms. The second-order valence-corrected chi connectivity index (χ2v) is 8.79. The van der Waals surface area contributed by atoms with E-state index in [2.05, 4.69) is 49.7 Å². The molecule has 0 radical (unpaired) electrons. The fraction of sp³-hybridized carbons (Fsp3) is 0.538. The summed E-state index contributed by atoms with van der Waals surface area (Å²) in [5.41, 5.74) is 0. The van der Waals surface area contributed by atoms with Gasteiger partial charge in [0.05, 0.1) is 7.11 Å². The van der Waals surface area contributed by atoms with Gasteiger partial charge in [-0.3, -0.25) is 0 Å². The summed E-state index contributed by atoms with van der Waals surface area (Å²) in [4.78, 5) is 0. The summed E-state index contributed by atoms with van der Waals surface area (Å²) in [6.45, 7) is 11.5. The fourth-order valence-electron chi connectivity index (χ4n) is 2.20. The quantitative estimate of drug-likeness (QED) is 0.729. The van der Waals surface area contributed by atoms with E-state index >= 15 is 0 Å². The Kier molecular flexibility index (Phi) is 4.56. The molecule has 0 bridgehead atoms.